The van der Waals surface area contributed by atoms with Crippen molar-refractivity contribution in [2.45, 2.75) is 30.5 Å². The Kier molecular flexibility index (Phi) is 3.34. The highest BCUT2D eigenvalue weighted by Gasteiger charge is 2.05. The molecular weight excluding hydrogens is 170 g/mol. The minimum absolute atomic E-state index is 0.530. The summed E-state index contributed by atoms with van der Waals surface area (Å²) >= 11 is 1.67. The number of hydrogen-bond acceptors (Lipinski definition) is 4. The highest BCUT2D eigenvalue weighted by molar-refractivity contribution is 8.00. The number of aromatic nitrogens is 2. The van der Waals surface area contributed by atoms with Crippen LogP contribution >= 0.6 is 11.8 Å². The van der Waals surface area contributed by atoms with Gasteiger partial charge in [-0.05, 0) is 6.42 Å². The standard InChI is InChI=1S/C8H13N3S/c1-3-6(2)12-8-7(9)10-4-5-11-8/h4-6H,3H2,1-2H3,(H2,9,10). The van der Waals surface area contributed by atoms with Gasteiger partial charge in [0.05, 0.1) is 0 Å². The molecule has 0 fully saturated rings. The van der Waals surface area contributed by atoms with Gasteiger partial charge in [0.2, 0.25) is 0 Å². The van der Waals surface area contributed by atoms with Crippen LogP contribution < -0.4 is 5.73 Å². The monoisotopic (exact) mass is 183 g/mol. The van der Waals surface area contributed by atoms with Gasteiger partial charge >= 0.3 is 0 Å². The molecule has 1 atom stereocenters. The summed E-state index contributed by atoms with van der Waals surface area (Å²) in [6.45, 7) is 4.29. The van der Waals surface area contributed by atoms with Crippen molar-refractivity contribution >= 4 is 17.6 Å². The molecule has 0 amide bonds. The molecule has 0 radical (unpaired) electrons. The van der Waals surface area contributed by atoms with Crippen molar-refractivity contribution in [2.75, 3.05) is 5.73 Å². The summed E-state index contributed by atoms with van der Waals surface area (Å²) in [6, 6.07) is 0. The largest absolute Gasteiger partial charge is 0.381 e. The lowest BCUT2D eigenvalue weighted by atomic mass is 10.4. The molecule has 1 unspecified atom stereocenters. The molecule has 0 saturated carbocycles. The molecule has 0 saturated heterocycles. The molecule has 3 nitrogen and oxygen atoms in total. The smallest absolute Gasteiger partial charge is 0.156 e. The Hall–Kier alpha value is -0.770. The van der Waals surface area contributed by atoms with E-state index in [4.69, 9.17) is 5.73 Å². The molecule has 0 aromatic carbocycles. The number of hydrogen-bond donors (Lipinski definition) is 1. The summed E-state index contributed by atoms with van der Waals surface area (Å²) in [5, 5.41) is 1.39. The van der Waals surface area contributed by atoms with Crippen LogP contribution in [0.15, 0.2) is 17.4 Å². The van der Waals surface area contributed by atoms with Gasteiger partial charge in [0.25, 0.3) is 0 Å². The summed E-state index contributed by atoms with van der Waals surface area (Å²) in [6.07, 6.45) is 4.39. The van der Waals surface area contributed by atoms with E-state index in [1.807, 2.05) is 0 Å². The van der Waals surface area contributed by atoms with E-state index in [1.165, 1.54) is 0 Å². The molecule has 1 heterocycles. The van der Waals surface area contributed by atoms with E-state index in [-0.39, 0.29) is 0 Å². The lowest BCUT2D eigenvalue weighted by Gasteiger charge is -2.07. The number of thioether (sulfide) groups is 1. The first-order valence-electron chi connectivity index (χ1n) is 3.97. The topological polar surface area (TPSA) is 51.8 Å². The third kappa shape index (κ3) is 2.37. The van der Waals surface area contributed by atoms with Gasteiger partial charge in [0.1, 0.15) is 5.03 Å². The Bertz CT molecular complexity index is 252. The number of nitrogens with zero attached hydrogens (tertiary/aromatic N) is 2. The molecule has 1 aromatic rings. The van der Waals surface area contributed by atoms with Crippen molar-refractivity contribution in [1.82, 2.24) is 9.97 Å². The second kappa shape index (κ2) is 4.30. The fraction of sp³-hybridized carbons (Fsp3) is 0.500. The maximum absolute atomic E-state index is 5.63. The van der Waals surface area contributed by atoms with E-state index in [1.54, 1.807) is 24.2 Å². The van der Waals surface area contributed by atoms with Gasteiger partial charge in [-0.25, -0.2) is 9.97 Å². The Morgan fingerprint density at radius 3 is 2.75 bits per heavy atom. The van der Waals surface area contributed by atoms with E-state index >= 15 is 0 Å². The predicted molar refractivity (Wildman–Crippen MR) is 52.1 cm³/mol. The summed E-state index contributed by atoms with van der Waals surface area (Å²) in [5.41, 5.74) is 5.63. The van der Waals surface area contributed by atoms with E-state index in [0.29, 0.717) is 11.1 Å². The summed E-state index contributed by atoms with van der Waals surface area (Å²) in [5.74, 6) is 0.530. The third-order valence-corrected chi connectivity index (χ3v) is 2.85. The Balaban J connectivity index is 2.69. The van der Waals surface area contributed by atoms with Gasteiger partial charge in [0.15, 0.2) is 5.82 Å². The molecule has 0 aliphatic rings. The van der Waals surface area contributed by atoms with Crippen LogP contribution in [-0.4, -0.2) is 15.2 Å². The first-order valence-corrected chi connectivity index (χ1v) is 4.85. The molecule has 4 heteroatoms. The second-order valence-corrected chi connectivity index (χ2v) is 4.01. The molecule has 66 valence electrons. The van der Waals surface area contributed by atoms with E-state index in [0.717, 1.165) is 11.4 Å². The van der Waals surface area contributed by atoms with Crippen LogP contribution in [0.25, 0.3) is 0 Å². The first kappa shape index (κ1) is 9.32. The zero-order valence-corrected chi connectivity index (χ0v) is 8.14. The van der Waals surface area contributed by atoms with Gasteiger partial charge in [0, 0.05) is 17.6 Å². The van der Waals surface area contributed by atoms with Crippen LogP contribution in [0.5, 0.6) is 0 Å². The van der Waals surface area contributed by atoms with Crippen molar-refractivity contribution in [2.24, 2.45) is 0 Å². The minimum atomic E-state index is 0.530. The zero-order valence-electron chi connectivity index (χ0n) is 7.32. The summed E-state index contributed by atoms with van der Waals surface area (Å²) in [7, 11) is 0. The maximum Gasteiger partial charge on any atom is 0.156 e. The van der Waals surface area contributed by atoms with Crippen LogP contribution in [0.1, 0.15) is 20.3 Å². The molecule has 1 rings (SSSR count). The highest BCUT2D eigenvalue weighted by Crippen LogP contribution is 2.25. The zero-order chi connectivity index (χ0) is 8.97. The average Bonchev–Trinajstić information content (AvgIpc) is 2.09. The predicted octanol–water partition coefficient (Wildman–Crippen LogP) is 1.95. The van der Waals surface area contributed by atoms with Crippen LogP contribution in [0.2, 0.25) is 0 Å². The third-order valence-electron chi connectivity index (χ3n) is 1.58. The second-order valence-electron chi connectivity index (χ2n) is 2.58. The van der Waals surface area contributed by atoms with Gasteiger partial charge < -0.3 is 5.73 Å². The molecule has 2 N–H and O–H groups in total. The Morgan fingerprint density at radius 1 is 1.50 bits per heavy atom. The van der Waals surface area contributed by atoms with Crippen molar-refractivity contribution < 1.29 is 0 Å². The fourth-order valence-electron chi connectivity index (χ4n) is 0.701. The van der Waals surface area contributed by atoms with Crippen molar-refractivity contribution in [1.29, 1.82) is 0 Å². The van der Waals surface area contributed by atoms with E-state index in [9.17, 15) is 0 Å². The highest BCUT2D eigenvalue weighted by atomic mass is 32.2. The van der Waals surface area contributed by atoms with Crippen LogP contribution in [0.3, 0.4) is 0 Å². The molecule has 0 aliphatic carbocycles. The van der Waals surface area contributed by atoms with Crippen molar-refractivity contribution in [3.05, 3.63) is 12.4 Å². The minimum Gasteiger partial charge on any atom is -0.381 e. The van der Waals surface area contributed by atoms with E-state index in [2.05, 4.69) is 23.8 Å². The number of nitrogens with two attached hydrogens (primary N) is 1. The van der Waals surface area contributed by atoms with Crippen molar-refractivity contribution in [3.8, 4) is 0 Å². The van der Waals surface area contributed by atoms with E-state index < -0.39 is 0 Å². The molecule has 1 aromatic heterocycles. The van der Waals surface area contributed by atoms with Gasteiger partial charge in [-0.2, -0.15) is 0 Å². The van der Waals surface area contributed by atoms with Gasteiger partial charge in [-0.1, -0.05) is 25.6 Å². The number of nitrogen functional groups attached to an aromatic ring is 1. The molecular formula is C8H13N3S. The molecule has 12 heavy (non-hydrogen) atoms. The van der Waals surface area contributed by atoms with Crippen LogP contribution in [-0.2, 0) is 0 Å². The molecule has 0 spiro atoms. The number of rotatable bonds is 3. The fourth-order valence-corrected chi connectivity index (χ4v) is 1.54. The lowest BCUT2D eigenvalue weighted by molar-refractivity contribution is 0.899. The average molecular weight is 183 g/mol. The molecule has 0 bridgehead atoms. The quantitative estimate of drug-likeness (QED) is 0.728. The number of anilines is 1. The first-order chi connectivity index (χ1) is 5.74. The SMILES string of the molecule is CCC(C)Sc1nccnc1N. The van der Waals surface area contributed by atoms with Crippen LogP contribution in [0, 0.1) is 0 Å². The van der Waals surface area contributed by atoms with Gasteiger partial charge in [-0.3, -0.25) is 0 Å². The Labute approximate surface area is 76.8 Å². The van der Waals surface area contributed by atoms with Crippen LogP contribution in [0.4, 0.5) is 5.82 Å². The maximum atomic E-state index is 5.63. The van der Waals surface area contributed by atoms with Crippen molar-refractivity contribution in [3.63, 3.8) is 0 Å². The summed E-state index contributed by atoms with van der Waals surface area (Å²) < 4.78 is 0. The lowest BCUT2D eigenvalue weighted by Crippen LogP contribution is -1.99. The summed E-state index contributed by atoms with van der Waals surface area (Å²) in [4.78, 5) is 8.10. The van der Waals surface area contributed by atoms with Gasteiger partial charge in [-0.15, -0.1) is 0 Å². The normalized spacial score (nSPS) is 12.8. The Morgan fingerprint density at radius 2 is 2.17 bits per heavy atom. The molecule has 0 aliphatic heterocycles.